The molecule has 7 rings (SSSR count). The summed E-state index contributed by atoms with van der Waals surface area (Å²) in [6.07, 6.45) is 7.45. The first-order chi connectivity index (χ1) is 24.3. The van der Waals surface area contributed by atoms with Gasteiger partial charge < -0.3 is 33.7 Å². The molecule has 12 nitrogen and oxygen atoms in total. The second-order valence-electron chi connectivity index (χ2n) is 14.2. The number of H-pyrrole nitrogens is 1. The number of carbonyl (C=O) groups is 2. The molecule has 3 aliphatic heterocycles. The molecule has 0 atom stereocenters. The van der Waals surface area contributed by atoms with E-state index >= 15 is 4.39 Å². The normalized spacial score (nSPS) is 18.8. The third-order valence-electron chi connectivity index (χ3n) is 10.5. The van der Waals surface area contributed by atoms with E-state index in [0.717, 1.165) is 6.20 Å². The summed E-state index contributed by atoms with van der Waals surface area (Å²) in [5.41, 5.74) is 0.688. The minimum Gasteiger partial charge on any atom is -0.493 e. The molecule has 0 radical (unpaired) electrons. The summed E-state index contributed by atoms with van der Waals surface area (Å²) >= 11 is 0. The molecule has 3 aliphatic rings. The number of anilines is 1. The van der Waals surface area contributed by atoms with Gasteiger partial charge in [-0.3, -0.25) is 14.3 Å². The number of hydrogen-bond acceptors (Lipinski definition) is 8. The Kier molecular flexibility index (Phi) is 9.13. The molecule has 51 heavy (non-hydrogen) atoms. The molecule has 2 amide bonds. The number of aromatic nitrogens is 4. The number of benzene rings is 1. The van der Waals surface area contributed by atoms with Crippen molar-refractivity contribution in [2.24, 2.45) is 0 Å². The SMILES string of the molecule is COc1cc(F)cnc1N1CCN(C(=O)c2cc3c(B4OC(C)(C)C(C)(C)O4)cc(C4=CCCN(C(=O)CCn5cccn5)C4)c(F)c3[nH]2)CC1. The van der Waals surface area contributed by atoms with Crippen LogP contribution < -0.4 is 15.1 Å². The third kappa shape index (κ3) is 6.60. The van der Waals surface area contributed by atoms with Gasteiger partial charge in [-0.25, -0.2) is 13.8 Å². The van der Waals surface area contributed by atoms with Crippen molar-refractivity contribution in [2.45, 2.75) is 58.3 Å². The van der Waals surface area contributed by atoms with Crippen LogP contribution in [0.3, 0.4) is 0 Å². The lowest BCUT2D eigenvalue weighted by Gasteiger charge is -2.35. The fraction of sp³-hybridized carbons (Fsp3) is 0.444. The van der Waals surface area contributed by atoms with Crippen molar-refractivity contribution >= 4 is 46.7 Å². The molecule has 2 saturated heterocycles. The van der Waals surface area contributed by atoms with Gasteiger partial charge in [0.15, 0.2) is 17.4 Å². The molecule has 0 unspecified atom stereocenters. The highest BCUT2D eigenvalue weighted by atomic mass is 19.1. The number of pyridine rings is 1. The summed E-state index contributed by atoms with van der Waals surface area (Å²) in [5, 5.41) is 4.67. The molecule has 268 valence electrons. The van der Waals surface area contributed by atoms with Crippen molar-refractivity contribution in [1.82, 2.24) is 29.5 Å². The number of halogens is 2. The second-order valence-corrected chi connectivity index (χ2v) is 14.2. The number of rotatable bonds is 8. The standard InChI is InChI=1S/C36H42BF2N7O5/c1-35(2)36(3,4)51-37(50-35)27-19-25(23-8-6-11-45(22-23)30(47)9-13-46-12-7-10-41-46)31(39)32-26(27)20-28(42-32)34(48)44-16-14-43(15-17-44)33-29(49-5)18-24(38)21-40-33/h7-8,10,12,18-21,42H,6,9,11,13-17,22H2,1-5H3. The lowest BCUT2D eigenvalue weighted by Crippen LogP contribution is -2.49. The molecular formula is C36H42BF2N7O5. The van der Waals surface area contributed by atoms with Gasteiger partial charge in [0.25, 0.3) is 5.91 Å². The predicted molar refractivity (Wildman–Crippen MR) is 189 cm³/mol. The average molecular weight is 702 g/mol. The predicted octanol–water partition coefficient (Wildman–Crippen LogP) is 4.01. The van der Waals surface area contributed by atoms with Crippen LogP contribution in [0.15, 0.2) is 48.9 Å². The number of amides is 2. The molecule has 3 aromatic heterocycles. The third-order valence-corrected chi connectivity index (χ3v) is 10.5. The highest BCUT2D eigenvalue weighted by Crippen LogP contribution is 2.38. The van der Waals surface area contributed by atoms with Crippen LogP contribution in [-0.2, 0) is 20.6 Å². The van der Waals surface area contributed by atoms with E-state index in [1.165, 1.54) is 13.2 Å². The Balaban J connectivity index is 1.17. The van der Waals surface area contributed by atoms with E-state index in [1.54, 1.807) is 32.8 Å². The Morgan fingerprint density at radius 1 is 1.02 bits per heavy atom. The molecule has 1 aromatic carbocycles. The monoisotopic (exact) mass is 701 g/mol. The number of piperazine rings is 1. The van der Waals surface area contributed by atoms with Crippen LogP contribution in [0.4, 0.5) is 14.6 Å². The Morgan fingerprint density at radius 3 is 2.45 bits per heavy atom. The Morgan fingerprint density at radius 2 is 1.76 bits per heavy atom. The Labute approximate surface area is 295 Å². The lowest BCUT2D eigenvalue weighted by atomic mass is 9.75. The average Bonchev–Trinajstić information content (AvgIpc) is 3.85. The number of ether oxygens (including phenoxy) is 1. The topological polar surface area (TPSA) is 118 Å². The van der Waals surface area contributed by atoms with E-state index in [-0.39, 0.29) is 36.0 Å². The maximum atomic E-state index is 16.7. The number of fused-ring (bicyclic) bond motifs is 1. The number of hydrogen-bond donors (Lipinski definition) is 1. The van der Waals surface area contributed by atoms with E-state index in [4.69, 9.17) is 14.0 Å². The number of nitrogens with one attached hydrogen (secondary N) is 1. The fourth-order valence-corrected chi connectivity index (χ4v) is 6.85. The summed E-state index contributed by atoms with van der Waals surface area (Å²) in [7, 11) is 0.635. The van der Waals surface area contributed by atoms with Crippen LogP contribution in [-0.4, -0.2) is 106 Å². The number of aromatic amines is 1. The van der Waals surface area contributed by atoms with E-state index in [2.05, 4.69) is 15.1 Å². The number of methoxy groups -OCH3 is 1. The zero-order valence-electron chi connectivity index (χ0n) is 29.5. The van der Waals surface area contributed by atoms with Crippen LogP contribution in [0.2, 0.25) is 0 Å². The van der Waals surface area contributed by atoms with Crippen molar-refractivity contribution in [3.05, 3.63) is 71.8 Å². The van der Waals surface area contributed by atoms with Gasteiger partial charge in [-0.2, -0.15) is 5.10 Å². The van der Waals surface area contributed by atoms with Gasteiger partial charge in [0.05, 0.1) is 30.0 Å². The molecule has 2 fully saturated rings. The first-order valence-electron chi connectivity index (χ1n) is 17.2. The van der Waals surface area contributed by atoms with Gasteiger partial charge in [0, 0.05) is 81.6 Å². The smallest absolute Gasteiger partial charge is 0.493 e. The maximum Gasteiger partial charge on any atom is 0.495 e. The van der Waals surface area contributed by atoms with Gasteiger partial charge in [-0.1, -0.05) is 12.1 Å². The first-order valence-corrected chi connectivity index (χ1v) is 17.2. The van der Waals surface area contributed by atoms with Crippen molar-refractivity contribution in [2.75, 3.05) is 51.3 Å². The number of nitrogens with zero attached hydrogens (tertiary/aromatic N) is 6. The second kappa shape index (κ2) is 13.4. The van der Waals surface area contributed by atoms with Crippen LogP contribution in [0.1, 0.15) is 56.6 Å². The van der Waals surface area contributed by atoms with Gasteiger partial charge in [0.1, 0.15) is 11.5 Å². The molecule has 0 bridgehead atoms. The van der Waals surface area contributed by atoms with Crippen LogP contribution >= 0.6 is 0 Å². The molecular weight excluding hydrogens is 659 g/mol. The summed E-state index contributed by atoms with van der Waals surface area (Å²) in [4.78, 5) is 39.8. The Bertz CT molecular complexity index is 1970. The fourth-order valence-electron chi connectivity index (χ4n) is 6.85. The molecule has 6 heterocycles. The number of carbonyl (C=O) groups excluding carboxylic acids is 2. The van der Waals surface area contributed by atoms with Crippen molar-refractivity contribution in [1.29, 1.82) is 0 Å². The molecule has 0 saturated carbocycles. The van der Waals surface area contributed by atoms with E-state index in [1.807, 2.05) is 50.9 Å². The van der Waals surface area contributed by atoms with E-state index in [9.17, 15) is 14.0 Å². The minimum atomic E-state index is -0.826. The molecule has 4 aromatic rings. The van der Waals surface area contributed by atoms with Gasteiger partial charge in [-0.15, -0.1) is 0 Å². The highest BCUT2D eigenvalue weighted by Gasteiger charge is 2.52. The minimum absolute atomic E-state index is 0.0368. The summed E-state index contributed by atoms with van der Waals surface area (Å²) < 4.78 is 50.4. The van der Waals surface area contributed by atoms with E-state index < -0.39 is 30.0 Å². The zero-order valence-corrected chi connectivity index (χ0v) is 29.5. The van der Waals surface area contributed by atoms with E-state index in [0.29, 0.717) is 79.2 Å². The van der Waals surface area contributed by atoms with Gasteiger partial charge in [0.2, 0.25) is 5.91 Å². The maximum absolute atomic E-state index is 16.7. The van der Waals surface area contributed by atoms with Crippen molar-refractivity contribution in [3.63, 3.8) is 0 Å². The van der Waals surface area contributed by atoms with Crippen LogP contribution in [0.5, 0.6) is 5.75 Å². The quantitative estimate of drug-likeness (QED) is 0.274. The van der Waals surface area contributed by atoms with Crippen LogP contribution in [0.25, 0.3) is 16.5 Å². The highest BCUT2D eigenvalue weighted by molar-refractivity contribution is 6.65. The zero-order chi connectivity index (χ0) is 36.1. The summed E-state index contributed by atoms with van der Waals surface area (Å²) in [5.74, 6) is -0.497. The number of aryl methyl sites for hydroxylation is 1. The molecule has 0 spiro atoms. The summed E-state index contributed by atoms with van der Waals surface area (Å²) in [6, 6.07) is 6.51. The lowest BCUT2D eigenvalue weighted by molar-refractivity contribution is -0.131. The molecule has 0 aliphatic carbocycles. The largest absolute Gasteiger partial charge is 0.495 e. The van der Waals surface area contributed by atoms with Crippen LogP contribution in [0, 0.1) is 11.6 Å². The van der Waals surface area contributed by atoms with Crippen molar-refractivity contribution in [3.8, 4) is 5.75 Å². The molecule has 1 N–H and O–H groups in total. The Hall–Kier alpha value is -4.76. The van der Waals surface area contributed by atoms with Gasteiger partial charge in [-0.05, 0) is 57.3 Å². The summed E-state index contributed by atoms with van der Waals surface area (Å²) in [6.45, 7) is 10.7. The first kappa shape index (κ1) is 34.7. The van der Waals surface area contributed by atoms with Crippen molar-refractivity contribution < 1.29 is 32.4 Å². The van der Waals surface area contributed by atoms with Gasteiger partial charge >= 0.3 is 7.12 Å². The molecule has 15 heteroatoms.